The van der Waals surface area contributed by atoms with E-state index in [0.29, 0.717) is 18.7 Å². The Hall–Kier alpha value is -1.55. The number of benzene rings is 1. The fourth-order valence-corrected chi connectivity index (χ4v) is 1.34. The van der Waals surface area contributed by atoms with Crippen LogP contribution in [0.25, 0.3) is 0 Å². The number of ether oxygens (including phenoxy) is 1. The van der Waals surface area contributed by atoms with E-state index >= 15 is 0 Å². The van der Waals surface area contributed by atoms with Crippen molar-refractivity contribution in [1.82, 2.24) is 5.32 Å². The maximum atomic E-state index is 10.8. The van der Waals surface area contributed by atoms with Crippen LogP contribution in [0.1, 0.15) is 18.4 Å². The lowest BCUT2D eigenvalue weighted by Crippen LogP contribution is -2.16. The van der Waals surface area contributed by atoms with Gasteiger partial charge in [-0.1, -0.05) is 18.2 Å². The van der Waals surface area contributed by atoms with Crippen LogP contribution in [0.2, 0.25) is 0 Å². The minimum absolute atomic E-state index is 0.190. The number of hydrogen-bond acceptors (Lipinski definition) is 4. The Labute approximate surface area is 95.2 Å². The second-order valence-corrected chi connectivity index (χ2v) is 3.49. The minimum atomic E-state index is -0.190. The minimum Gasteiger partial charge on any atom is -0.508 e. The van der Waals surface area contributed by atoms with Crippen molar-refractivity contribution in [1.29, 1.82) is 0 Å². The van der Waals surface area contributed by atoms with Gasteiger partial charge in [-0.05, 0) is 19.0 Å². The Bertz CT molecular complexity index is 339. The Morgan fingerprint density at radius 3 is 2.88 bits per heavy atom. The Morgan fingerprint density at radius 1 is 1.44 bits per heavy atom. The predicted molar refractivity (Wildman–Crippen MR) is 61.1 cm³/mol. The van der Waals surface area contributed by atoms with Crippen molar-refractivity contribution < 1.29 is 14.6 Å². The van der Waals surface area contributed by atoms with Crippen molar-refractivity contribution in [3.05, 3.63) is 29.8 Å². The van der Waals surface area contributed by atoms with Crippen molar-refractivity contribution in [3.63, 3.8) is 0 Å². The fourth-order valence-electron chi connectivity index (χ4n) is 1.34. The number of carbonyl (C=O) groups is 1. The molecule has 1 aromatic rings. The lowest BCUT2D eigenvalue weighted by molar-refractivity contribution is -0.140. The number of hydrogen-bond donors (Lipinski definition) is 2. The molecule has 0 aliphatic carbocycles. The van der Waals surface area contributed by atoms with Gasteiger partial charge in [0.25, 0.3) is 0 Å². The van der Waals surface area contributed by atoms with E-state index in [-0.39, 0.29) is 5.97 Å². The molecule has 0 aromatic heterocycles. The Balaban J connectivity index is 2.17. The van der Waals surface area contributed by atoms with E-state index in [2.05, 4.69) is 10.1 Å². The van der Waals surface area contributed by atoms with Crippen LogP contribution in [0.5, 0.6) is 5.75 Å². The smallest absolute Gasteiger partial charge is 0.305 e. The third-order valence-corrected chi connectivity index (χ3v) is 2.27. The van der Waals surface area contributed by atoms with Crippen LogP contribution >= 0.6 is 0 Å². The number of esters is 1. The third-order valence-electron chi connectivity index (χ3n) is 2.27. The summed E-state index contributed by atoms with van der Waals surface area (Å²) < 4.78 is 4.53. The quantitative estimate of drug-likeness (QED) is 0.566. The lowest BCUT2D eigenvalue weighted by atomic mass is 10.2. The number of para-hydroxylation sites is 1. The van der Waals surface area contributed by atoms with E-state index in [9.17, 15) is 9.90 Å². The molecule has 0 atom stereocenters. The molecule has 0 fully saturated rings. The van der Waals surface area contributed by atoms with Gasteiger partial charge in [-0.2, -0.15) is 0 Å². The molecule has 0 amide bonds. The summed E-state index contributed by atoms with van der Waals surface area (Å²) in [7, 11) is 1.39. The molecule has 1 rings (SSSR count). The molecule has 0 saturated carbocycles. The van der Waals surface area contributed by atoms with Crippen LogP contribution in [0.3, 0.4) is 0 Å². The highest BCUT2D eigenvalue weighted by Crippen LogP contribution is 2.14. The average molecular weight is 223 g/mol. The first-order valence-corrected chi connectivity index (χ1v) is 5.28. The summed E-state index contributed by atoms with van der Waals surface area (Å²) in [5.41, 5.74) is 0.862. The van der Waals surface area contributed by atoms with E-state index in [0.717, 1.165) is 18.5 Å². The fraction of sp³-hybridized carbons (Fsp3) is 0.417. The Kier molecular flexibility index (Phi) is 5.36. The second kappa shape index (κ2) is 6.85. The van der Waals surface area contributed by atoms with E-state index in [1.807, 2.05) is 12.1 Å². The summed E-state index contributed by atoms with van der Waals surface area (Å²) in [6.07, 6.45) is 1.16. The number of methoxy groups -OCH3 is 1. The monoisotopic (exact) mass is 223 g/mol. The SMILES string of the molecule is COC(=O)CCCNCc1ccccc1O. The maximum Gasteiger partial charge on any atom is 0.305 e. The molecule has 0 radical (unpaired) electrons. The van der Waals surface area contributed by atoms with Crippen LogP contribution in [0, 0.1) is 0 Å². The van der Waals surface area contributed by atoms with Gasteiger partial charge in [0.2, 0.25) is 0 Å². The van der Waals surface area contributed by atoms with Gasteiger partial charge in [-0.15, -0.1) is 0 Å². The second-order valence-electron chi connectivity index (χ2n) is 3.49. The number of nitrogens with one attached hydrogen (secondary N) is 1. The number of phenolic OH excluding ortho intramolecular Hbond substituents is 1. The van der Waals surface area contributed by atoms with Gasteiger partial charge in [0.15, 0.2) is 0 Å². The van der Waals surface area contributed by atoms with Crippen LogP contribution in [0.4, 0.5) is 0 Å². The molecule has 0 bridgehead atoms. The van der Waals surface area contributed by atoms with E-state index in [1.54, 1.807) is 12.1 Å². The van der Waals surface area contributed by atoms with Crippen molar-refractivity contribution in [2.75, 3.05) is 13.7 Å². The normalized spacial score (nSPS) is 10.1. The van der Waals surface area contributed by atoms with E-state index in [1.165, 1.54) is 7.11 Å². The summed E-state index contributed by atoms with van der Waals surface area (Å²) in [5.74, 6) is 0.104. The molecule has 4 nitrogen and oxygen atoms in total. The van der Waals surface area contributed by atoms with Gasteiger partial charge < -0.3 is 15.2 Å². The molecule has 4 heteroatoms. The molecular formula is C12H17NO3. The zero-order valence-corrected chi connectivity index (χ0v) is 9.40. The third kappa shape index (κ3) is 4.31. The molecular weight excluding hydrogens is 206 g/mol. The molecule has 2 N–H and O–H groups in total. The van der Waals surface area contributed by atoms with Gasteiger partial charge in [0.1, 0.15) is 5.75 Å². The van der Waals surface area contributed by atoms with Crippen molar-refractivity contribution >= 4 is 5.97 Å². The van der Waals surface area contributed by atoms with Crippen LogP contribution in [0.15, 0.2) is 24.3 Å². The topological polar surface area (TPSA) is 58.6 Å². The lowest BCUT2D eigenvalue weighted by Gasteiger charge is -2.06. The Morgan fingerprint density at radius 2 is 2.19 bits per heavy atom. The van der Waals surface area contributed by atoms with Crippen LogP contribution in [-0.4, -0.2) is 24.7 Å². The molecule has 0 spiro atoms. The summed E-state index contributed by atoms with van der Waals surface area (Å²) in [6.45, 7) is 1.33. The van der Waals surface area contributed by atoms with Gasteiger partial charge in [-0.3, -0.25) is 4.79 Å². The molecule has 0 heterocycles. The summed E-state index contributed by atoms with van der Waals surface area (Å²) in [5, 5.41) is 12.6. The highest BCUT2D eigenvalue weighted by atomic mass is 16.5. The molecule has 88 valence electrons. The van der Waals surface area contributed by atoms with Gasteiger partial charge in [-0.25, -0.2) is 0 Å². The zero-order chi connectivity index (χ0) is 11.8. The predicted octanol–water partition coefficient (Wildman–Crippen LogP) is 1.43. The molecule has 0 unspecified atom stereocenters. The first-order chi connectivity index (χ1) is 7.74. The summed E-state index contributed by atoms with van der Waals surface area (Å²) in [6, 6.07) is 7.19. The molecule has 0 saturated heterocycles. The van der Waals surface area contributed by atoms with E-state index in [4.69, 9.17) is 0 Å². The number of aromatic hydroxyl groups is 1. The zero-order valence-electron chi connectivity index (χ0n) is 9.40. The first kappa shape index (κ1) is 12.5. The van der Waals surface area contributed by atoms with Crippen LogP contribution in [-0.2, 0) is 16.1 Å². The summed E-state index contributed by atoms with van der Waals surface area (Å²) in [4.78, 5) is 10.8. The largest absolute Gasteiger partial charge is 0.508 e. The van der Waals surface area contributed by atoms with Crippen molar-refractivity contribution in [2.45, 2.75) is 19.4 Å². The molecule has 0 aliphatic rings. The molecule has 16 heavy (non-hydrogen) atoms. The molecule has 0 aliphatic heterocycles. The van der Waals surface area contributed by atoms with Gasteiger partial charge in [0.05, 0.1) is 7.11 Å². The number of carbonyl (C=O) groups excluding carboxylic acids is 1. The number of rotatable bonds is 6. The highest BCUT2D eigenvalue weighted by Gasteiger charge is 2.00. The maximum absolute atomic E-state index is 10.8. The average Bonchev–Trinajstić information content (AvgIpc) is 2.30. The summed E-state index contributed by atoms with van der Waals surface area (Å²) >= 11 is 0. The number of phenols is 1. The highest BCUT2D eigenvalue weighted by molar-refractivity contribution is 5.69. The van der Waals surface area contributed by atoms with Gasteiger partial charge in [0, 0.05) is 18.5 Å². The van der Waals surface area contributed by atoms with Gasteiger partial charge >= 0.3 is 5.97 Å². The van der Waals surface area contributed by atoms with E-state index < -0.39 is 0 Å². The molecule has 1 aromatic carbocycles. The van der Waals surface area contributed by atoms with Crippen molar-refractivity contribution in [3.8, 4) is 5.75 Å². The van der Waals surface area contributed by atoms with Crippen LogP contribution < -0.4 is 5.32 Å². The van der Waals surface area contributed by atoms with Crippen molar-refractivity contribution in [2.24, 2.45) is 0 Å². The standard InChI is InChI=1S/C12H17NO3/c1-16-12(15)7-4-8-13-9-10-5-2-3-6-11(10)14/h2-3,5-6,13-14H,4,7-9H2,1H3. The first-order valence-electron chi connectivity index (χ1n) is 5.28.